The second kappa shape index (κ2) is 10.7. The van der Waals surface area contributed by atoms with Gasteiger partial charge in [0.25, 0.3) is 10.0 Å². The highest BCUT2D eigenvalue weighted by Crippen LogP contribution is 2.35. The Labute approximate surface area is 239 Å². The van der Waals surface area contributed by atoms with Crippen LogP contribution in [-0.2, 0) is 10.0 Å². The molecule has 222 valence electrons. The topological polar surface area (TPSA) is 153 Å². The van der Waals surface area contributed by atoms with Crippen molar-refractivity contribution in [3.8, 4) is 22.6 Å². The molecule has 0 amide bonds. The highest BCUT2D eigenvalue weighted by Gasteiger charge is 2.37. The summed E-state index contributed by atoms with van der Waals surface area (Å²) in [4.78, 5) is 12.5. The van der Waals surface area contributed by atoms with Gasteiger partial charge in [-0.05, 0) is 51.5 Å². The van der Waals surface area contributed by atoms with Crippen LogP contribution in [0.5, 0.6) is 0 Å². The molecule has 4 aromatic heterocycles. The molecule has 0 unspecified atom stereocenters. The Kier molecular flexibility index (Phi) is 7.12. The maximum Gasteiger partial charge on any atom is 0.333 e. The highest BCUT2D eigenvalue weighted by atomic mass is 32.2. The minimum atomic E-state index is -3.59. The van der Waals surface area contributed by atoms with E-state index in [1.54, 1.807) is 13.0 Å². The molecule has 6 rings (SSSR count). The van der Waals surface area contributed by atoms with Crippen LogP contribution in [0.1, 0.15) is 52.0 Å². The summed E-state index contributed by atoms with van der Waals surface area (Å²) in [6, 6.07) is 3.04. The molecular weight excluding hydrogens is 575 g/mol. The molecule has 0 aromatic carbocycles. The average Bonchev–Trinajstić information content (AvgIpc) is 3.48. The molecule has 12 nitrogen and oxygen atoms in total. The first kappa shape index (κ1) is 28.1. The first-order chi connectivity index (χ1) is 20.0. The number of nitrogens with zero attached hydrogens (tertiary/aromatic N) is 7. The summed E-state index contributed by atoms with van der Waals surface area (Å²) >= 11 is 0. The van der Waals surface area contributed by atoms with Crippen LogP contribution in [0.3, 0.4) is 0 Å². The van der Waals surface area contributed by atoms with Gasteiger partial charge in [-0.25, -0.2) is 32.4 Å². The largest absolute Gasteiger partial charge is 0.390 e. The Morgan fingerprint density at radius 1 is 1.12 bits per heavy atom. The number of aromatic nitrogens is 7. The Bertz CT molecular complexity index is 1710. The van der Waals surface area contributed by atoms with Crippen LogP contribution in [0.4, 0.5) is 30.5 Å². The molecule has 0 radical (unpaired) electrons. The molecule has 2 aliphatic rings. The van der Waals surface area contributed by atoms with Crippen LogP contribution in [0.15, 0.2) is 43.1 Å². The summed E-state index contributed by atoms with van der Waals surface area (Å²) in [7, 11) is -3.59. The fraction of sp³-hybridized carbons (Fsp3) is 0.423. The maximum atomic E-state index is 14.8. The summed E-state index contributed by atoms with van der Waals surface area (Å²) in [5, 5.41) is 24.0. The van der Waals surface area contributed by atoms with E-state index in [0.717, 1.165) is 10.3 Å². The Morgan fingerprint density at radius 2 is 1.88 bits per heavy atom. The average molecular weight is 604 g/mol. The van der Waals surface area contributed by atoms with Crippen LogP contribution in [0.2, 0.25) is 0 Å². The standard InChI is InChI=1S/C26H28F3N9O3S/c1-26(39)7-4-16(5-8-26)33-21-10-22(30-12-18(21)20-6-9-37(36-20)25(28)29)34-24-19(27)13-31-23(35-24)15-11-32-38(14-15)42(40,41)17-2-3-17/h6,9-14,16-17,25,39H,2-5,7-8H2,1H3,(H2,30,31,33,34,35). The van der Waals surface area contributed by atoms with E-state index in [1.165, 1.54) is 30.9 Å². The van der Waals surface area contributed by atoms with E-state index in [-0.39, 0.29) is 34.8 Å². The predicted octanol–water partition coefficient (Wildman–Crippen LogP) is 4.32. The summed E-state index contributed by atoms with van der Waals surface area (Å²) < 4.78 is 67.6. The van der Waals surface area contributed by atoms with Crippen molar-refractivity contribution in [1.29, 1.82) is 0 Å². The quantitative estimate of drug-likeness (QED) is 0.252. The number of hydrogen-bond donors (Lipinski definition) is 3. The second-order valence-electron chi connectivity index (χ2n) is 10.9. The summed E-state index contributed by atoms with van der Waals surface area (Å²) in [6.07, 6.45) is 9.84. The number of nitrogens with one attached hydrogen (secondary N) is 2. The lowest BCUT2D eigenvalue weighted by molar-refractivity contribution is 0.0196. The molecule has 0 saturated heterocycles. The summed E-state index contributed by atoms with van der Waals surface area (Å²) in [5.41, 5.74) is 0.803. The third kappa shape index (κ3) is 5.81. The number of alkyl halides is 2. The molecule has 4 heterocycles. The maximum absolute atomic E-state index is 14.8. The van der Waals surface area contributed by atoms with Gasteiger partial charge in [-0.3, -0.25) is 0 Å². The molecule has 0 spiro atoms. The van der Waals surface area contributed by atoms with Gasteiger partial charge in [-0.2, -0.15) is 23.1 Å². The van der Waals surface area contributed by atoms with Crippen molar-refractivity contribution in [3.05, 3.63) is 48.9 Å². The van der Waals surface area contributed by atoms with Gasteiger partial charge in [-0.1, -0.05) is 0 Å². The van der Waals surface area contributed by atoms with E-state index in [0.29, 0.717) is 54.5 Å². The lowest BCUT2D eigenvalue weighted by atomic mass is 9.83. The SMILES string of the molecule is CC1(O)CCC(Nc2cc(Nc3nc(-c4cnn(S(=O)(=O)C5CC5)c4)ncc3F)ncc2-c2ccn(C(F)F)n2)CC1. The Morgan fingerprint density at radius 3 is 2.57 bits per heavy atom. The third-order valence-corrected chi connectivity index (χ3v) is 9.46. The van der Waals surface area contributed by atoms with Crippen molar-refractivity contribution in [3.63, 3.8) is 0 Å². The molecule has 2 aliphatic carbocycles. The summed E-state index contributed by atoms with van der Waals surface area (Å²) in [6.45, 7) is -1.01. The van der Waals surface area contributed by atoms with Gasteiger partial charge in [0.1, 0.15) is 5.82 Å². The van der Waals surface area contributed by atoms with Crippen molar-refractivity contribution >= 4 is 27.3 Å². The minimum Gasteiger partial charge on any atom is -0.390 e. The Hall–Kier alpha value is -4.05. The van der Waals surface area contributed by atoms with Crippen LogP contribution < -0.4 is 10.6 Å². The van der Waals surface area contributed by atoms with Gasteiger partial charge < -0.3 is 15.7 Å². The Balaban J connectivity index is 1.29. The van der Waals surface area contributed by atoms with E-state index in [2.05, 4.69) is 35.8 Å². The van der Waals surface area contributed by atoms with Gasteiger partial charge in [0.2, 0.25) is 0 Å². The summed E-state index contributed by atoms with van der Waals surface area (Å²) in [5.74, 6) is -0.729. The third-order valence-electron chi connectivity index (χ3n) is 7.43. The lowest BCUT2D eigenvalue weighted by Gasteiger charge is -2.34. The van der Waals surface area contributed by atoms with E-state index in [1.807, 2.05) is 0 Å². The van der Waals surface area contributed by atoms with Crippen LogP contribution >= 0.6 is 0 Å². The molecule has 3 N–H and O–H groups in total. The fourth-order valence-corrected chi connectivity index (χ4v) is 6.31. The van der Waals surface area contributed by atoms with Crippen molar-refractivity contribution in [1.82, 2.24) is 33.9 Å². The number of pyridine rings is 1. The zero-order valence-electron chi connectivity index (χ0n) is 22.5. The molecule has 4 aromatic rings. The molecule has 2 saturated carbocycles. The van der Waals surface area contributed by atoms with Gasteiger partial charge in [0.05, 0.1) is 40.7 Å². The van der Waals surface area contributed by atoms with E-state index >= 15 is 0 Å². The van der Waals surface area contributed by atoms with Crippen molar-refractivity contribution < 1.29 is 26.7 Å². The number of aliphatic hydroxyl groups is 1. The lowest BCUT2D eigenvalue weighted by Crippen LogP contribution is -2.35. The fourth-order valence-electron chi connectivity index (χ4n) is 4.83. The van der Waals surface area contributed by atoms with E-state index < -0.39 is 33.2 Å². The molecule has 2 fully saturated rings. The second-order valence-corrected chi connectivity index (χ2v) is 12.9. The number of halogens is 3. The van der Waals surface area contributed by atoms with Crippen molar-refractivity contribution in [2.45, 2.75) is 68.9 Å². The van der Waals surface area contributed by atoms with Crippen molar-refractivity contribution in [2.75, 3.05) is 10.6 Å². The molecular formula is C26H28F3N9O3S. The van der Waals surface area contributed by atoms with Crippen LogP contribution in [0, 0.1) is 5.82 Å². The van der Waals surface area contributed by atoms with Gasteiger partial charge >= 0.3 is 6.55 Å². The van der Waals surface area contributed by atoms with E-state index in [9.17, 15) is 26.7 Å². The van der Waals surface area contributed by atoms with E-state index in [4.69, 9.17) is 0 Å². The molecule has 42 heavy (non-hydrogen) atoms. The zero-order valence-corrected chi connectivity index (χ0v) is 23.3. The molecule has 0 bridgehead atoms. The molecule has 16 heteroatoms. The number of hydrogen-bond acceptors (Lipinski definition) is 10. The first-order valence-electron chi connectivity index (χ1n) is 13.4. The minimum absolute atomic E-state index is 0.0118. The van der Waals surface area contributed by atoms with Crippen LogP contribution in [0.25, 0.3) is 22.6 Å². The van der Waals surface area contributed by atoms with Gasteiger partial charge in [0, 0.05) is 35.8 Å². The smallest absolute Gasteiger partial charge is 0.333 e. The normalized spacial score (nSPS) is 21.0. The number of rotatable bonds is 9. The first-order valence-corrected chi connectivity index (χ1v) is 14.9. The number of anilines is 3. The van der Waals surface area contributed by atoms with Gasteiger partial charge in [-0.15, -0.1) is 0 Å². The molecule has 0 atom stereocenters. The zero-order chi connectivity index (χ0) is 29.6. The highest BCUT2D eigenvalue weighted by molar-refractivity contribution is 7.90. The monoisotopic (exact) mass is 603 g/mol. The van der Waals surface area contributed by atoms with Gasteiger partial charge in [0.15, 0.2) is 17.5 Å². The molecule has 0 aliphatic heterocycles. The van der Waals surface area contributed by atoms with Crippen LogP contribution in [-0.4, -0.2) is 64.3 Å². The van der Waals surface area contributed by atoms with Crippen molar-refractivity contribution in [2.24, 2.45) is 0 Å². The predicted molar refractivity (Wildman–Crippen MR) is 147 cm³/mol.